The SMILES string of the molecule is Cc1ccc(NC(=O)[C@H]2CCCN2C(=O)OCc2ccccc2)c(O)c1. The highest BCUT2D eigenvalue weighted by Gasteiger charge is 2.35. The maximum atomic E-state index is 12.6. The Morgan fingerprint density at radius 3 is 2.73 bits per heavy atom. The lowest BCUT2D eigenvalue weighted by Gasteiger charge is -2.23. The van der Waals surface area contributed by atoms with E-state index in [1.807, 2.05) is 37.3 Å². The van der Waals surface area contributed by atoms with Crippen molar-refractivity contribution >= 4 is 17.7 Å². The van der Waals surface area contributed by atoms with Crippen LogP contribution in [0.1, 0.15) is 24.0 Å². The van der Waals surface area contributed by atoms with Gasteiger partial charge in [-0.3, -0.25) is 9.69 Å². The summed E-state index contributed by atoms with van der Waals surface area (Å²) in [6.07, 6.45) is 0.803. The van der Waals surface area contributed by atoms with E-state index in [-0.39, 0.29) is 18.3 Å². The average Bonchev–Trinajstić information content (AvgIpc) is 3.13. The number of aromatic hydroxyl groups is 1. The third-order valence-corrected chi connectivity index (χ3v) is 4.41. The molecule has 0 bridgehead atoms. The Morgan fingerprint density at radius 1 is 1.23 bits per heavy atom. The van der Waals surface area contributed by atoms with E-state index >= 15 is 0 Å². The number of rotatable bonds is 4. The highest BCUT2D eigenvalue weighted by molar-refractivity contribution is 5.97. The Kier molecular flexibility index (Phi) is 5.41. The molecule has 0 aromatic heterocycles. The van der Waals surface area contributed by atoms with Gasteiger partial charge in [0, 0.05) is 6.54 Å². The van der Waals surface area contributed by atoms with E-state index in [0.29, 0.717) is 18.7 Å². The summed E-state index contributed by atoms with van der Waals surface area (Å²) in [7, 11) is 0. The summed E-state index contributed by atoms with van der Waals surface area (Å²) in [6, 6.07) is 13.8. The van der Waals surface area contributed by atoms with Gasteiger partial charge in [0.2, 0.25) is 5.91 Å². The van der Waals surface area contributed by atoms with Crippen molar-refractivity contribution in [2.24, 2.45) is 0 Å². The Labute approximate surface area is 152 Å². The zero-order valence-electron chi connectivity index (χ0n) is 14.6. The molecule has 0 spiro atoms. The van der Waals surface area contributed by atoms with Crippen molar-refractivity contribution < 1.29 is 19.4 Å². The molecule has 1 heterocycles. The van der Waals surface area contributed by atoms with Crippen LogP contribution in [-0.4, -0.2) is 34.6 Å². The number of anilines is 1. The average molecular weight is 354 g/mol. The zero-order chi connectivity index (χ0) is 18.5. The van der Waals surface area contributed by atoms with E-state index in [1.165, 1.54) is 4.90 Å². The maximum Gasteiger partial charge on any atom is 0.410 e. The zero-order valence-corrected chi connectivity index (χ0v) is 14.6. The van der Waals surface area contributed by atoms with Crippen LogP contribution in [0.25, 0.3) is 0 Å². The summed E-state index contributed by atoms with van der Waals surface area (Å²) < 4.78 is 5.34. The van der Waals surface area contributed by atoms with Gasteiger partial charge in [0.05, 0.1) is 5.69 Å². The van der Waals surface area contributed by atoms with Crippen LogP contribution in [0.4, 0.5) is 10.5 Å². The fourth-order valence-corrected chi connectivity index (χ4v) is 3.02. The molecule has 26 heavy (non-hydrogen) atoms. The predicted molar refractivity (Wildman–Crippen MR) is 97.8 cm³/mol. The lowest BCUT2D eigenvalue weighted by molar-refractivity contribution is -0.120. The third-order valence-electron chi connectivity index (χ3n) is 4.41. The number of hydrogen-bond acceptors (Lipinski definition) is 4. The first-order valence-corrected chi connectivity index (χ1v) is 8.62. The molecule has 2 aromatic carbocycles. The lowest BCUT2D eigenvalue weighted by atomic mass is 10.1. The first-order valence-electron chi connectivity index (χ1n) is 8.62. The molecule has 0 unspecified atom stereocenters. The Hall–Kier alpha value is -3.02. The molecule has 6 nitrogen and oxygen atoms in total. The summed E-state index contributed by atoms with van der Waals surface area (Å²) in [5.74, 6) is -0.312. The van der Waals surface area contributed by atoms with Gasteiger partial charge in [-0.05, 0) is 43.0 Å². The molecule has 0 radical (unpaired) electrons. The minimum absolute atomic E-state index is 0.00884. The second kappa shape index (κ2) is 7.91. The quantitative estimate of drug-likeness (QED) is 0.825. The van der Waals surface area contributed by atoms with E-state index in [2.05, 4.69) is 5.32 Å². The topological polar surface area (TPSA) is 78.9 Å². The smallest absolute Gasteiger partial charge is 0.410 e. The van der Waals surface area contributed by atoms with E-state index < -0.39 is 12.1 Å². The number of carbonyl (C=O) groups excluding carboxylic acids is 2. The fourth-order valence-electron chi connectivity index (χ4n) is 3.02. The summed E-state index contributed by atoms with van der Waals surface area (Å²) in [4.78, 5) is 26.4. The van der Waals surface area contributed by atoms with Crippen LogP contribution in [0, 0.1) is 6.92 Å². The number of phenolic OH excluding ortho intramolecular Hbond substituents is 1. The van der Waals surface area contributed by atoms with Crippen LogP contribution in [0.15, 0.2) is 48.5 Å². The second-order valence-corrected chi connectivity index (χ2v) is 6.40. The number of likely N-dealkylation sites (tertiary alicyclic amines) is 1. The number of ether oxygens (including phenoxy) is 1. The van der Waals surface area contributed by atoms with Crippen molar-refractivity contribution in [3.63, 3.8) is 0 Å². The van der Waals surface area contributed by atoms with Crippen molar-refractivity contribution in [1.29, 1.82) is 0 Å². The van der Waals surface area contributed by atoms with E-state index in [9.17, 15) is 14.7 Å². The van der Waals surface area contributed by atoms with Crippen molar-refractivity contribution in [1.82, 2.24) is 4.90 Å². The number of carbonyl (C=O) groups is 2. The number of nitrogens with one attached hydrogen (secondary N) is 1. The standard InChI is InChI=1S/C20H22N2O4/c1-14-9-10-16(18(23)12-14)21-19(24)17-8-5-11-22(17)20(25)26-13-15-6-3-2-4-7-15/h2-4,6-7,9-10,12,17,23H,5,8,11,13H2,1H3,(H,21,24)/t17-/m1/s1. The number of phenols is 1. The van der Waals surface area contributed by atoms with Gasteiger partial charge in [-0.2, -0.15) is 0 Å². The molecule has 1 aliphatic heterocycles. The summed E-state index contributed by atoms with van der Waals surface area (Å²) in [5, 5.41) is 12.6. The molecule has 1 fully saturated rings. The minimum atomic E-state index is -0.598. The Balaban J connectivity index is 1.61. The van der Waals surface area contributed by atoms with Crippen molar-refractivity contribution in [3.8, 4) is 5.75 Å². The molecular weight excluding hydrogens is 332 g/mol. The third kappa shape index (κ3) is 4.14. The minimum Gasteiger partial charge on any atom is -0.506 e. The number of nitrogens with zero attached hydrogens (tertiary/aromatic N) is 1. The van der Waals surface area contributed by atoms with Crippen LogP contribution in [-0.2, 0) is 16.1 Å². The Bertz CT molecular complexity index is 792. The number of hydrogen-bond donors (Lipinski definition) is 2. The van der Waals surface area contributed by atoms with Crippen molar-refractivity contribution in [3.05, 3.63) is 59.7 Å². The molecule has 2 amide bonds. The Morgan fingerprint density at radius 2 is 2.00 bits per heavy atom. The second-order valence-electron chi connectivity index (χ2n) is 6.40. The fraction of sp³-hybridized carbons (Fsp3) is 0.300. The number of benzene rings is 2. The largest absolute Gasteiger partial charge is 0.506 e. The molecule has 1 aliphatic rings. The summed E-state index contributed by atoms with van der Waals surface area (Å²) in [5.41, 5.74) is 2.13. The predicted octanol–water partition coefficient (Wildman–Crippen LogP) is 3.44. The first-order chi connectivity index (χ1) is 12.5. The van der Waals surface area contributed by atoms with E-state index in [4.69, 9.17) is 4.74 Å². The van der Waals surface area contributed by atoms with Gasteiger partial charge in [-0.25, -0.2) is 4.79 Å². The molecule has 1 atom stereocenters. The number of aryl methyl sites for hydroxylation is 1. The highest BCUT2D eigenvalue weighted by Crippen LogP contribution is 2.26. The van der Waals surface area contributed by atoms with Gasteiger partial charge >= 0.3 is 6.09 Å². The van der Waals surface area contributed by atoms with Gasteiger partial charge in [0.15, 0.2) is 0 Å². The van der Waals surface area contributed by atoms with Crippen LogP contribution in [0.3, 0.4) is 0 Å². The van der Waals surface area contributed by atoms with Gasteiger partial charge in [0.1, 0.15) is 18.4 Å². The maximum absolute atomic E-state index is 12.6. The summed E-state index contributed by atoms with van der Waals surface area (Å²) in [6.45, 7) is 2.50. The molecule has 0 aliphatic carbocycles. The van der Waals surface area contributed by atoms with Crippen LogP contribution in [0.2, 0.25) is 0 Å². The molecule has 136 valence electrons. The molecule has 6 heteroatoms. The molecular formula is C20H22N2O4. The van der Waals surface area contributed by atoms with Crippen molar-refractivity contribution in [2.75, 3.05) is 11.9 Å². The van der Waals surface area contributed by atoms with Gasteiger partial charge in [-0.1, -0.05) is 36.4 Å². The van der Waals surface area contributed by atoms with E-state index in [0.717, 1.165) is 17.5 Å². The van der Waals surface area contributed by atoms with Crippen molar-refractivity contribution in [2.45, 2.75) is 32.4 Å². The lowest BCUT2D eigenvalue weighted by Crippen LogP contribution is -2.43. The monoisotopic (exact) mass is 354 g/mol. The van der Waals surface area contributed by atoms with Gasteiger partial charge < -0.3 is 15.2 Å². The normalized spacial score (nSPS) is 16.3. The number of amides is 2. The van der Waals surface area contributed by atoms with Crippen LogP contribution < -0.4 is 5.32 Å². The van der Waals surface area contributed by atoms with Crippen LogP contribution >= 0.6 is 0 Å². The van der Waals surface area contributed by atoms with Crippen LogP contribution in [0.5, 0.6) is 5.75 Å². The van der Waals surface area contributed by atoms with Gasteiger partial charge in [0.25, 0.3) is 0 Å². The highest BCUT2D eigenvalue weighted by atomic mass is 16.6. The first kappa shape index (κ1) is 17.8. The molecule has 2 aromatic rings. The van der Waals surface area contributed by atoms with Gasteiger partial charge in [-0.15, -0.1) is 0 Å². The molecule has 1 saturated heterocycles. The molecule has 3 rings (SSSR count). The van der Waals surface area contributed by atoms with E-state index in [1.54, 1.807) is 18.2 Å². The molecule has 2 N–H and O–H groups in total. The molecule has 0 saturated carbocycles. The summed E-state index contributed by atoms with van der Waals surface area (Å²) >= 11 is 0.